The van der Waals surface area contributed by atoms with E-state index in [1.54, 1.807) is 0 Å². The van der Waals surface area contributed by atoms with Gasteiger partial charge in [-0.25, -0.2) is 0 Å². The molecule has 1 aliphatic carbocycles. The first-order chi connectivity index (χ1) is 7.52. The zero-order chi connectivity index (χ0) is 11.8. The average Bonchev–Trinajstić information content (AvgIpc) is 2.60. The smallest absolute Gasteiger partial charge is 0.120 e. The maximum atomic E-state index is 10.6. The Labute approximate surface area is 97.9 Å². The van der Waals surface area contributed by atoms with Gasteiger partial charge in [0.2, 0.25) is 0 Å². The molecule has 1 aliphatic rings. The summed E-state index contributed by atoms with van der Waals surface area (Å²) in [5.41, 5.74) is 4.48. The van der Waals surface area contributed by atoms with Crippen LogP contribution in [0.4, 0.5) is 0 Å². The Morgan fingerprint density at radius 3 is 2.75 bits per heavy atom. The van der Waals surface area contributed by atoms with Crippen molar-refractivity contribution < 1.29 is 4.79 Å². The van der Waals surface area contributed by atoms with Gasteiger partial charge in [-0.15, -0.1) is 0 Å². The third-order valence-corrected chi connectivity index (χ3v) is 3.59. The monoisotopic (exact) mass is 216 g/mol. The van der Waals surface area contributed by atoms with Gasteiger partial charge in [0, 0.05) is 6.42 Å². The molecule has 86 valence electrons. The minimum Gasteiger partial charge on any atom is -0.303 e. The molecule has 0 amide bonds. The zero-order valence-corrected chi connectivity index (χ0v) is 10.4. The average molecular weight is 216 g/mol. The molecule has 0 spiro atoms. The van der Waals surface area contributed by atoms with E-state index >= 15 is 0 Å². The fraction of sp³-hybridized carbons (Fsp3) is 0.533. The Kier molecular flexibility index (Phi) is 2.88. The number of fused-ring (bicyclic) bond motifs is 1. The molecule has 1 aromatic carbocycles. The van der Waals surface area contributed by atoms with Crippen molar-refractivity contribution >= 4 is 6.29 Å². The van der Waals surface area contributed by atoms with Crippen LogP contribution in [0.15, 0.2) is 18.2 Å². The highest BCUT2D eigenvalue weighted by molar-refractivity contribution is 5.53. The molecule has 0 heterocycles. The van der Waals surface area contributed by atoms with Crippen molar-refractivity contribution in [2.75, 3.05) is 0 Å². The van der Waals surface area contributed by atoms with E-state index in [1.165, 1.54) is 16.7 Å². The van der Waals surface area contributed by atoms with Crippen molar-refractivity contribution in [3.05, 3.63) is 34.9 Å². The van der Waals surface area contributed by atoms with E-state index < -0.39 is 0 Å². The number of benzene rings is 1. The van der Waals surface area contributed by atoms with Gasteiger partial charge in [-0.2, -0.15) is 0 Å². The van der Waals surface area contributed by atoms with Gasteiger partial charge in [0.05, 0.1) is 0 Å². The SMILES string of the molecule is CC(C)(C)c1ccc2c(c1)CCC2CC=O. The third-order valence-electron chi connectivity index (χ3n) is 3.59. The second-order valence-corrected chi connectivity index (χ2v) is 5.80. The molecule has 0 bridgehead atoms. The summed E-state index contributed by atoms with van der Waals surface area (Å²) >= 11 is 0. The first kappa shape index (κ1) is 11.4. The second kappa shape index (κ2) is 4.04. The topological polar surface area (TPSA) is 17.1 Å². The van der Waals surface area contributed by atoms with Crippen LogP contribution < -0.4 is 0 Å². The van der Waals surface area contributed by atoms with E-state index in [0.717, 1.165) is 19.1 Å². The predicted molar refractivity (Wildman–Crippen MR) is 66.9 cm³/mol. The van der Waals surface area contributed by atoms with Crippen molar-refractivity contribution in [1.29, 1.82) is 0 Å². The van der Waals surface area contributed by atoms with Crippen molar-refractivity contribution in [1.82, 2.24) is 0 Å². The largest absolute Gasteiger partial charge is 0.303 e. The van der Waals surface area contributed by atoms with Gasteiger partial charge in [0.1, 0.15) is 6.29 Å². The molecule has 1 nitrogen and oxygen atoms in total. The van der Waals surface area contributed by atoms with Gasteiger partial charge in [-0.3, -0.25) is 0 Å². The van der Waals surface area contributed by atoms with Gasteiger partial charge in [0.25, 0.3) is 0 Å². The maximum Gasteiger partial charge on any atom is 0.120 e. The molecule has 1 unspecified atom stereocenters. The highest BCUT2D eigenvalue weighted by Gasteiger charge is 2.24. The summed E-state index contributed by atoms with van der Waals surface area (Å²) in [6, 6.07) is 6.79. The number of aryl methyl sites for hydroxylation is 1. The van der Waals surface area contributed by atoms with E-state index in [-0.39, 0.29) is 5.41 Å². The minimum atomic E-state index is 0.220. The van der Waals surface area contributed by atoms with Crippen LogP contribution in [-0.4, -0.2) is 6.29 Å². The van der Waals surface area contributed by atoms with Crippen molar-refractivity contribution in [3.8, 4) is 0 Å². The Morgan fingerprint density at radius 2 is 2.12 bits per heavy atom. The molecule has 16 heavy (non-hydrogen) atoms. The van der Waals surface area contributed by atoms with Crippen LogP contribution in [0.3, 0.4) is 0 Å². The van der Waals surface area contributed by atoms with Crippen LogP contribution in [0.25, 0.3) is 0 Å². The number of rotatable bonds is 2. The van der Waals surface area contributed by atoms with Crippen LogP contribution in [-0.2, 0) is 16.6 Å². The molecule has 1 aromatic rings. The molecule has 0 saturated heterocycles. The molecule has 0 fully saturated rings. The molecule has 1 heteroatoms. The number of hydrogen-bond acceptors (Lipinski definition) is 1. The van der Waals surface area contributed by atoms with Gasteiger partial charge >= 0.3 is 0 Å². The summed E-state index contributed by atoms with van der Waals surface area (Å²) in [6.45, 7) is 6.73. The normalized spacial score (nSPS) is 19.6. The molecular weight excluding hydrogens is 196 g/mol. The molecule has 0 aromatic heterocycles. The molecule has 0 aliphatic heterocycles. The molecule has 0 radical (unpaired) electrons. The zero-order valence-electron chi connectivity index (χ0n) is 10.4. The fourth-order valence-corrected chi connectivity index (χ4v) is 2.53. The lowest BCUT2D eigenvalue weighted by atomic mass is 9.85. The van der Waals surface area contributed by atoms with Gasteiger partial charge < -0.3 is 4.79 Å². The van der Waals surface area contributed by atoms with Crippen LogP contribution in [0, 0.1) is 0 Å². The summed E-state index contributed by atoms with van der Waals surface area (Å²) in [4.78, 5) is 10.6. The van der Waals surface area contributed by atoms with Crippen molar-refractivity contribution in [2.24, 2.45) is 0 Å². The molecular formula is C15H20O. The van der Waals surface area contributed by atoms with Crippen LogP contribution >= 0.6 is 0 Å². The highest BCUT2D eigenvalue weighted by Crippen LogP contribution is 2.37. The predicted octanol–water partition coefficient (Wildman–Crippen LogP) is 3.60. The van der Waals surface area contributed by atoms with E-state index in [4.69, 9.17) is 0 Å². The third kappa shape index (κ3) is 2.04. The summed E-state index contributed by atoms with van der Waals surface area (Å²) in [5, 5.41) is 0. The number of hydrogen-bond donors (Lipinski definition) is 0. The Balaban J connectivity index is 2.33. The molecule has 0 saturated carbocycles. The first-order valence-electron chi connectivity index (χ1n) is 6.09. The van der Waals surface area contributed by atoms with Crippen LogP contribution in [0.5, 0.6) is 0 Å². The van der Waals surface area contributed by atoms with Gasteiger partial charge in [-0.1, -0.05) is 39.0 Å². The van der Waals surface area contributed by atoms with Crippen molar-refractivity contribution in [3.63, 3.8) is 0 Å². The summed E-state index contributed by atoms with van der Waals surface area (Å²) in [6.07, 6.45) is 4.01. The Bertz CT molecular complexity index is 398. The Hall–Kier alpha value is -1.11. The fourth-order valence-electron chi connectivity index (χ4n) is 2.53. The van der Waals surface area contributed by atoms with E-state index in [1.807, 2.05) is 0 Å². The molecule has 0 N–H and O–H groups in total. The number of carbonyl (C=O) groups excluding carboxylic acids is 1. The summed E-state index contributed by atoms with van der Waals surface area (Å²) < 4.78 is 0. The number of aldehydes is 1. The second-order valence-electron chi connectivity index (χ2n) is 5.80. The minimum absolute atomic E-state index is 0.220. The standard InChI is InChI=1S/C15H20O/c1-15(2,3)13-6-7-14-11(8-9-16)4-5-12(14)10-13/h6-7,9-11H,4-5,8H2,1-3H3. The van der Waals surface area contributed by atoms with Crippen LogP contribution in [0.1, 0.15) is 56.2 Å². The lowest BCUT2D eigenvalue weighted by molar-refractivity contribution is -0.108. The Morgan fingerprint density at radius 1 is 1.38 bits per heavy atom. The van der Waals surface area contributed by atoms with Crippen LogP contribution in [0.2, 0.25) is 0 Å². The summed E-state index contributed by atoms with van der Waals surface area (Å²) in [7, 11) is 0. The number of carbonyl (C=O) groups is 1. The highest BCUT2D eigenvalue weighted by atomic mass is 16.1. The lowest BCUT2D eigenvalue weighted by Gasteiger charge is -2.20. The lowest BCUT2D eigenvalue weighted by Crippen LogP contribution is -2.11. The molecule has 1 atom stereocenters. The summed E-state index contributed by atoms with van der Waals surface area (Å²) in [5.74, 6) is 0.474. The van der Waals surface area contributed by atoms with Gasteiger partial charge in [0.15, 0.2) is 0 Å². The van der Waals surface area contributed by atoms with Gasteiger partial charge in [-0.05, 0) is 40.9 Å². The quantitative estimate of drug-likeness (QED) is 0.690. The van der Waals surface area contributed by atoms with Crippen molar-refractivity contribution in [2.45, 2.75) is 51.4 Å². The van der Waals surface area contributed by atoms with E-state index in [9.17, 15) is 4.79 Å². The maximum absolute atomic E-state index is 10.6. The first-order valence-corrected chi connectivity index (χ1v) is 6.09. The van der Waals surface area contributed by atoms with E-state index in [2.05, 4.69) is 39.0 Å². The molecule has 2 rings (SSSR count). The van der Waals surface area contributed by atoms with E-state index in [0.29, 0.717) is 12.3 Å².